The average Bonchev–Trinajstić information content (AvgIpc) is 3.12. The van der Waals surface area contributed by atoms with Crippen molar-refractivity contribution in [2.75, 3.05) is 24.3 Å². The number of nitrogens with one attached hydrogen (secondary N) is 1. The van der Waals surface area contributed by atoms with Gasteiger partial charge in [-0.1, -0.05) is 0 Å². The molecule has 1 aliphatic carbocycles. The van der Waals surface area contributed by atoms with Gasteiger partial charge >= 0.3 is 5.97 Å². The third-order valence-corrected chi connectivity index (χ3v) is 3.99. The van der Waals surface area contributed by atoms with Crippen LogP contribution < -0.4 is 11.1 Å². The summed E-state index contributed by atoms with van der Waals surface area (Å²) in [4.78, 5) is 11.0. The van der Waals surface area contributed by atoms with Gasteiger partial charge in [0.15, 0.2) is 0 Å². The van der Waals surface area contributed by atoms with E-state index in [4.69, 9.17) is 15.6 Å². The maximum atomic E-state index is 11.0. The van der Waals surface area contributed by atoms with E-state index in [9.17, 15) is 4.79 Å². The van der Waals surface area contributed by atoms with Crippen LogP contribution in [-0.2, 0) is 4.74 Å². The Morgan fingerprint density at radius 2 is 2.16 bits per heavy atom. The first-order valence-corrected chi connectivity index (χ1v) is 6.62. The first-order chi connectivity index (χ1) is 9.15. The molecule has 5 nitrogen and oxygen atoms in total. The number of nitrogens with two attached hydrogens (primary N) is 1. The summed E-state index contributed by atoms with van der Waals surface area (Å²) >= 11 is 0. The number of nitrogen functional groups attached to an aromatic ring is 1. The molecule has 1 aliphatic heterocycles. The van der Waals surface area contributed by atoms with Crippen LogP contribution in [-0.4, -0.2) is 30.3 Å². The van der Waals surface area contributed by atoms with Crippen molar-refractivity contribution in [3.63, 3.8) is 0 Å². The quantitative estimate of drug-likeness (QED) is 0.720. The lowest BCUT2D eigenvalue weighted by atomic mass is 9.97. The molecular formula is C14H18N2O3. The molecule has 102 valence electrons. The van der Waals surface area contributed by atoms with Crippen molar-refractivity contribution in [1.82, 2.24) is 0 Å². The first kappa shape index (κ1) is 12.3. The molecule has 0 radical (unpaired) electrons. The number of carbonyl (C=O) groups is 1. The fourth-order valence-corrected chi connectivity index (χ4v) is 2.72. The van der Waals surface area contributed by atoms with Crippen LogP contribution in [0.5, 0.6) is 0 Å². The molecule has 2 fully saturated rings. The maximum Gasteiger partial charge on any atom is 0.335 e. The fourth-order valence-electron chi connectivity index (χ4n) is 2.72. The second-order valence-corrected chi connectivity index (χ2v) is 5.40. The highest BCUT2D eigenvalue weighted by Crippen LogP contribution is 2.41. The molecule has 0 aromatic heterocycles. The van der Waals surface area contributed by atoms with E-state index >= 15 is 0 Å². The second-order valence-electron chi connectivity index (χ2n) is 5.40. The minimum absolute atomic E-state index is 0.235. The molecule has 1 heterocycles. The maximum absolute atomic E-state index is 11.0. The summed E-state index contributed by atoms with van der Waals surface area (Å²) in [5.41, 5.74) is 7.43. The molecule has 1 aromatic carbocycles. The van der Waals surface area contributed by atoms with Gasteiger partial charge in [0.1, 0.15) is 0 Å². The summed E-state index contributed by atoms with van der Waals surface area (Å²) < 4.78 is 5.54. The molecule has 2 unspecified atom stereocenters. The van der Waals surface area contributed by atoms with Gasteiger partial charge in [0.2, 0.25) is 0 Å². The summed E-state index contributed by atoms with van der Waals surface area (Å²) in [6, 6.07) is 4.99. The van der Waals surface area contributed by atoms with E-state index in [1.54, 1.807) is 12.1 Å². The normalized spacial score (nSPS) is 26.3. The van der Waals surface area contributed by atoms with Crippen molar-refractivity contribution < 1.29 is 14.6 Å². The van der Waals surface area contributed by atoms with Crippen LogP contribution >= 0.6 is 0 Å². The minimum Gasteiger partial charge on any atom is -0.478 e. The van der Waals surface area contributed by atoms with E-state index in [0.29, 0.717) is 23.9 Å². The largest absolute Gasteiger partial charge is 0.478 e. The van der Waals surface area contributed by atoms with Crippen LogP contribution in [0, 0.1) is 11.8 Å². The van der Waals surface area contributed by atoms with Gasteiger partial charge in [-0.05, 0) is 37.0 Å². The monoisotopic (exact) mass is 262 g/mol. The van der Waals surface area contributed by atoms with Crippen LogP contribution in [0.4, 0.5) is 11.4 Å². The highest BCUT2D eigenvalue weighted by Gasteiger charge is 2.40. The predicted octanol–water partition coefficient (Wildman–Crippen LogP) is 1.80. The number of carboxylic acid groups (broad SMARTS) is 1. The van der Waals surface area contributed by atoms with Gasteiger partial charge < -0.3 is 20.9 Å². The molecule has 5 heteroatoms. The average molecular weight is 262 g/mol. The van der Waals surface area contributed by atoms with Gasteiger partial charge in [-0.15, -0.1) is 0 Å². The fraction of sp³-hybridized carbons (Fsp3) is 0.500. The molecule has 2 aliphatic rings. The molecule has 2 atom stereocenters. The van der Waals surface area contributed by atoms with Crippen LogP contribution in [0.2, 0.25) is 0 Å². The highest BCUT2D eigenvalue weighted by atomic mass is 16.5. The molecule has 1 saturated heterocycles. The number of aromatic carboxylic acids is 1. The SMILES string of the molecule is Nc1ccc(C(=O)O)cc1NC1COCC1C1CC1. The Labute approximate surface area is 111 Å². The number of rotatable bonds is 4. The van der Waals surface area contributed by atoms with E-state index in [0.717, 1.165) is 12.5 Å². The van der Waals surface area contributed by atoms with Crippen molar-refractivity contribution in [3.8, 4) is 0 Å². The molecule has 0 amide bonds. The Balaban J connectivity index is 1.78. The van der Waals surface area contributed by atoms with Crippen molar-refractivity contribution in [1.29, 1.82) is 0 Å². The Morgan fingerprint density at radius 3 is 2.84 bits per heavy atom. The molecule has 0 spiro atoms. The lowest BCUT2D eigenvalue weighted by Gasteiger charge is -2.21. The van der Waals surface area contributed by atoms with E-state index in [2.05, 4.69) is 5.32 Å². The molecular weight excluding hydrogens is 244 g/mol. The predicted molar refractivity (Wildman–Crippen MR) is 72.3 cm³/mol. The van der Waals surface area contributed by atoms with Crippen LogP contribution in [0.3, 0.4) is 0 Å². The summed E-state index contributed by atoms with van der Waals surface area (Å²) in [5.74, 6) is 0.334. The molecule has 19 heavy (non-hydrogen) atoms. The van der Waals surface area contributed by atoms with E-state index < -0.39 is 5.97 Å². The van der Waals surface area contributed by atoms with Gasteiger partial charge in [0, 0.05) is 5.92 Å². The van der Waals surface area contributed by atoms with Crippen LogP contribution in [0.15, 0.2) is 18.2 Å². The van der Waals surface area contributed by atoms with Gasteiger partial charge in [-0.3, -0.25) is 0 Å². The van der Waals surface area contributed by atoms with Gasteiger partial charge in [-0.2, -0.15) is 0 Å². The number of benzene rings is 1. The summed E-state index contributed by atoms with van der Waals surface area (Å²) in [6.45, 7) is 1.46. The molecule has 0 bridgehead atoms. The van der Waals surface area contributed by atoms with Crippen molar-refractivity contribution >= 4 is 17.3 Å². The smallest absolute Gasteiger partial charge is 0.335 e. The molecule has 1 saturated carbocycles. The van der Waals surface area contributed by atoms with Gasteiger partial charge in [0.05, 0.1) is 36.2 Å². The van der Waals surface area contributed by atoms with Crippen molar-refractivity contribution in [3.05, 3.63) is 23.8 Å². The van der Waals surface area contributed by atoms with E-state index in [1.807, 2.05) is 0 Å². The molecule has 3 rings (SSSR count). The topological polar surface area (TPSA) is 84.6 Å². The molecule has 1 aromatic rings. The Bertz CT molecular complexity index is 499. The third-order valence-electron chi connectivity index (χ3n) is 3.99. The van der Waals surface area contributed by atoms with Crippen LogP contribution in [0.25, 0.3) is 0 Å². The molecule has 4 N–H and O–H groups in total. The van der Waals surface area contributed by atoms with E-state index in [1.165, 1.54) is 18.9 Å². The van der Waals surface area contributed by atoms with Gasteiger partial charge in [-0.25, -0.2) is 4.79 Å². The lowest BCUT2D eigenvalue weighted by molar-refractivity contribution is 0.0697. The minimum atomic E-state index is -0.940. The van der Waals surface area contributed by atoms with Crippen LogP contribution in [0.1, 0.15) is 23.2 Å². The van der Waals surface area contributed by atoms with Crippen molar-refractivity contribution in [2.24, 2.45) is 11.8 Å². The summed E-state index contributed by atoms with van der Waals surface area (Å²) in [6.07, 6.45) is 2.55. The number of hydrogen-bond donors (Lipinski definition) is 3. The van der Waals surface area contributed by atoms with Gasteiger partial charge in [0.25, 0.3) is 0 Å². The van der Waals surface area contributed by atoms with Crippen molar-refractivity contribution in [2.45, 2.75) is 18.9 Å². The standard InChI is InChI=1S/C14H18N2O3/c15-11-4-3-9(14(17)18)5-12(11)16-13-7-19-6-10(13)8-1-2-8/h3-5,8,10,13,16H,1-2,6-7,15H2,(H,17,18). The zero-order chi connectivity index (χ0) is 13.4. The lowest BCUT2D eigenvalue weighted by Crippen LogP contribution is -2.29. The number of anilines is 2. The zero-order valence-corrected chi connectivity index (χ0v) is 10.6. The zero-order valence-electron chi connectivity index (χ0n) is 10.6. The Morgan fingerprint density at radius 1 is 1.37 bits per heavy atom. The number of carboxylic acids is 1. The number of ether oxygens (including phenoxy) is 1. The first-order valence-electron chi connectivity index (χ1n) is 6.62. The third kappa shape index (κ3) is 2.51. The Kier molecular flexibility index (Phi) is 3.06. The Hall–Kier alpha value is -1.75. The summed E-state index contributed by atoms with van der Waals surface area (Å²) in [5, 5.41) is 12.4. The van der Waals surface area contributed by atoms with E-state index in [-0.39, 0.29) is 11.6 Å². The highest BCUT2D eigenvalue weighted by molar-refractivity contribution is 5.90. The second kappa shape index (κ2) is 4.74. The number of hydrogen-bond acceptors (Lipinski definition) is 4. The summed E-state index contributed by atoms with van der Waals surface area (Å²) in [7, 11) is 0.